The zero-order valence-corrected chi connectivity index (χ0v) is 17.6. The molecule has 0 N–H and O–H groups in total. The highest BCUT2D eigenvalue weighted by molar-refractivity contribution is 8.38. The number of hydrogen-bond donors (Lipinski definition) is 0. The lowest BCUT2D eigenvalue weighted by Gasteiger charge is -2.22. The summed E-state index contributed by atoms with van der Waals surface area (Å²) < 4.78 is 39.3. The third-order valence-electron chi connectivity index (χ3n) is 4.37. The molecule has 1 aliphatic heterocycles. The zero-order chi connectivity index (χ0) is 22.0. The first kappa shape index (κ1) is 21.1. The van der Waals surface area contributed by atoms with E-state index in [1.165, 1.54) is 29.6 Å². The van der Waals surface area contributed by atoms with Gasteiger partial charge in [0.25, 0.3) is 0 Å². The standard InChI is InChI=1S/C20H13F3N6S2/c1-29-17-8-16(12-3-2-6-25-10-12)26-27-18(17)31-19(28-29)30-11-13-4-5-15(20(21,22)23)7-14(13)9-24/h2-8,10H,11H2,1H3. The number of nitriles is 1. The van der Waals surface area contributed by atoms with Gasteiger partial charge in [-0.2, -0.15) is 23.5 Å². The molecular weight excluding hydrogens is 445 g/mol. The third kappa shape index (κ3) is 4.65. The number of benzene rings is 1. The van der Waals surface area contributed by atoms with Crippen LogP contribution in [0.2, 0.25) is 0 Å². The molecule has 0 unspecified atom stereocenters. The molecule has 3 heterocycles. The minimum Gasteiger partial charge on any atom is -0.264 e. The maximum absolute atomic E-state index is 12.9. The van der Waals surface area contributed by atoms with E-state index < -0.39 is 11.7 Å². The van der Waals surface area contributed by atoms with Gasteiger partial charge in [-0.3, -0.25) is 9.99 Å². The molecule has 0 fully saturated rings. The molecule has 0 radical (unpaired) electrons. The minimum absolute atomic E-state index is 0.00149. The zero-order valence-electron chi connectivity index (χ0n) is 16.0. The number of aromatic nitrogens is 3. The van der Waals surface area contributed by atoms with Crippen molar-refractivity contribution >= 4 is 33.6 Å². The summed E-state index contributed by atoms with van der Waals surface area (Å²) in [5, 5.41) is 24.7. The molecule has 0 saturated heterocycles. The number of thioether (sulfide) groups is 2. The Kier molecular flexibility index (Phi) is 5.84. The van der Waals surface area contributed by atoms with Crippen LogP contribution in [0.4, 0.5) is 18.9 Å². The molecule has 3 aromatic rings. The Morgan fingerprint density at radius 3 is 2.74 bits per heavy atom. The van der Waals surface area contributed by atoms with Gasteiger partial charge in [-0.25, -0.2) is 0 Å². The molecule has 1 aromatic carbocycles. The van der Waals surface area contributed by atoms with E-state index >= 15 is 0 Å². The number of rotatable bonds is 3. The van der Waals surface area contributed by atoms with Gasteiger partial charge in [0.1, 0.15) is 0 Å². The van der Waals surface area contributed by atoms with Crippen LogP contribution < -0.4 is 5.01 Å². The molecule has 1 aliphatic rings. The van der Waals surface area contributed by atoms with Crippen LogP contribution in [-0.4, -0.2) is 26.6 Å². The Bertz CT molecular complexity index is 1190. The largest absolute Gasteiger partial charge is 0.416 e. The van der Waals surface area contributed by atoms with Crippen molar-refractivity contribution in [2.75, 3.05) is 12.1 Å². The highest BCUT2D eigenvalue weighted by Crippen LogP contribution is 2.39. The topological polar surface area (TPSA) is 78.1 Å². The van der Waals surface area contributed by atoms with Crippen molar-refractivity contribution in [3.8, 4) is 17.3 Å². The van der Waals surface area contributed by atoms with Gasteiger partial charge in [-0.1, -0.05) is 17.8 Å². The molecule has 0 atom stereocenters. The Morgan fingerprint density at radius 1 is 1.19 bits per heavy atom. The summed E-state index contributed by atoms with van der Waals surface area (Å²) in [6.45, 7) is 0. The molecule has 0 aliphatic carbocycles. The van der Waals surface area contributed by atoms with Gasteiger partial charge >= 0.3 is 6.18 Å². The Morgan fingerprint density at radius 2 is 2.03 bits per heavy atom. The molecule has 0 amide bonds. The first-order chi connectivity index (χ1) is 14.8. The van der Waals surface area contributed by atoms with E-state index in [0.29, 0.717) is 26.4 Å². The Labute approximate surface area is 184 Å². The lowest BCUT2D eigenvalue weighted by atomic mass is 10.1. The van der Waals surface area contributed by atoms with E-state index in [9.17, 15) is 18.4 Å². The minimum atomic E-state index is -4.49. The number of alkyl halides is 3. The molecule has 6 nitrogen and oxygen atoms in total. The molecule has 0 saturated carbocycles. The normalized spacial score (nSPS) is 13.4. The summed E-state index contributed by atoms with van der Waals surface area (Å²) in [4.78, 5) is 4.09. The first-order valence-electron chi connectivity index (χ1n) is 8.86. The molecule has 156 valence electrons. The second kappa shape index (κ2) is 8.56. The van der Waals surface area contributed by atoms with Crippen molar-refractivity contribution in [3.63, 3.8) is 0 Å². The van der Waals surface area contributed by atoms with Crippen LogP contribution in [0.3, 0.4) is 0 Å². The van der Waals surface area contributed by atoms with E-state index in [2.05, 4.69) is 20.3 Å². The number of nitrogens with zero attached hydrogens (tertiary/aromatic N) is 6. The molecular formula is C20H13F3N6S2. The third-order valence-corrected chi connectivity index (χ3v) is 6.50. The van der Waals surface area contributed by atoms with E-state index in [-0.39, 0.29) is 5.56 Å². The number of halogens is 3. The maximum Gasteiger partial charge on any atom is 0.416 e. The van der Waals surface area contributed by atoms with Crippen LogP contribution in [0.1, 0.15) is 16.7 Å². The van der Waals surface area contributed by atoms with Gasteiger partial charge in [-0.15, -0.1) is 10.2 Å². The van der Waals surface area contributed by atoms with E-state index in [0.717, 1.165) is 23.4 Å². The van der Waals surface area contributed by atoms with Crippen LogP contribution in [0, 0.1) is 11.3 Å². The Balaban J connectivity index is 1.50. The van der Waals surface area contributed by atoms with Gasteiger partial charge in [0.15, 0.2) is 9.40 Å². The predicted octanol–water partition coefficient (Wildman–Crippen LogP) is 5.18. The monoisotopic (exact) mass is 458 g/mol. The SMILES string of the molecule is CN1N=C(SCc2ccc(C(F)(F)F)cc2C#N)Sc2nnc(-c3cccnc3)cc21. The number of fused-ring (bicyclic) bond motifs is 1. The first-order valence-corrected chi connectivity index (χ1v) is 10.7. The molecule has 0 spiro atoms. The van der Waals surface area contributed by atoms with Gasteiger partial charge in [0.05, 0.1) is 28.6 Å². The van der Waals surface area contributed by atoms with E-state index in [4.69, 9.17) is 0 Å². The smallest absolute Gasteiger partial charge is 0.264 e. The summed E-state index contributed by atoms with van der Waals surface area (Å²) in [6, 6.07) is 10.6. The van der Waals surface area contributed by atoms with E-state index in [1.54, 1.807) is 24.5 Å². The predicted molar refractivity (Wildman–Crippen MR) is 114 cm³/mol. The summed E-state index contributed by atoms with van der Waals surface area (Å²) in [5.41, 5.74) is 1.97. The van der Waals surface area contributed by atoms with Crippen LogP contribution in [0.5, 0.6) is 0 Å². The fraction of sp³-hybridized carbons (Fsp3) is 0.150. The van der Waals surface area contributed by atoms with Crippen LogP contribution >= 0.6 is 23.5 Å². The number of anilines is 1. The molecule has 2 aromatic heterocycles. The average molecular weight is 458 g/mol. The molecule has 31 heavy (non-hydrogen) atoms. The summed E-state index contributed by atoms with van der Waals surface area (Å²) in [7, 11) is 1.78. The number of pyridine rings is 1. The van der Waals surface area contributed by atoms with Crippen molar-refractivity contribution in [1.29, 1.82) is 5.26 Å². The second-order valence-corrected chi connectivity index (χ2v) is 8.62. The highest BCUT2D eigenvalue weighted by Gasteiger charge is 2.31. The van der Waals surface area contributed by atoms with Crippen molar-refractivity contribution in [1.82, 2.24) is 15.2 Å². The lowest BCUT2D eigenvalue weighted by Crippen LogP contribution is -2.17. The van der Waals surface area contributed by atoms with Gasteiger partial charge < -0.3 is 0 Å². The van der Waals surface area contributed by atoms with Crippen molar-refractivity contribution in [2.24, 2.45) is 5.10 Å². The number of hydrogen-bond acceptors (Lipinski definition) is 8. The van der Waals surface area contributed by atoms with Crippen LogP contribution in [-0.2, 0) is 11.9 Å². The van der Waals surface area contributed by atoms with Gasteiger partial charge in [-0.05, 0) is 47.7 Å². The molecule has 4 rings (SSSR count). The van der Waals surface area contributed by atoms with Crippen LogP contribution in [0.15, 0.2) is 58.9 Å². The van der Waals surface area contributed by atoms with Crippen LogP contribution in [0.25, 0.3) is 11.3 Å². The summed E-state index contributed by atoms with van der Waals surface area (Å²) in [6.07, 6.45) is -1.10. The van der Waals surface area contributed by atoms with Gasteiger partial charge in [0.2, 0.25) is 0 Å². The molecule has 0 bridgehead atoms. The lowest BCUT2D eigenvalue weighted by molar-refractivity contribution is -0.137. The second-order valence-electron chi connectivity index (χ2n) is 6.42. The van der Waals surface area contributed by atoms with E-state index in [1.807, 2.05) is 24.3 Å². The van der Waals surface area contributed by atoms with Crippen molar-refractivity contribution < 1.29 is 13.2 Å². The van der Waals surface area contributed by atoms with Crippen molar-refractivity contribution in [2.45, 2.75) is 17.0 Å². The highest BCUT2D eigenvalue weighted by atomic mass is 32.2. The van der Waals surface area contributed by atoms with Crippen molar-refractivity contribution in [3.05, 3.63) is 65.5 Å². The quantitative estimate of drug-likeness (QED) is 0.535. The fourth-order valence-corrected chi connectivity index (χ4v) is 4.86. The fourth-order valence-electron chi connectivity index (χ4n) is 2.79. The molecule has 11 heteroatoms. The average Bonchev–Trinajstić information content (AvgIpc) is 2.77. The number of hydrazone groups is 1. The maximum atomic E-state index is 12.9. The van der Waals surface area contributed by atoms with Gasteiger partial charge in [0, 0.05) is 30.8 Å². The summed E-state index contributed by atoms with van der Waals surface area (Å²) in [5.74, 6) is 0.303. The summed E-state index contributed by atoms with van der Waals surface area (Å²) >= 11 is 2.65. The Hall–Kier alpha value is -3.10.